The van der Waals surface area contributed by atoms with Crippen molar-refractivity contribution in [2.45, 2.75) is 58.7 Å². The molecule has 176 valence electrons. The molecule has 0 amide bonds. The summed E-state index contributed by atoms with van der Waals surface area (Å²) in [6.45, 7) is 4.36. The van der Waals surface area contributed by atoms with Crippen LogP contribution in [0, 0.1) is 11.8 Å². The molecule has 2 aliphatic rings. The molecule has 2 saturated heterocycles. The van der Waals surface area contributed by atoms with E-state index in [4.69, 9.17) is 25.1 Å². The van der Waals surface area contributed by atoms with Crippen molar-refractivity contribution in [1.82, 2.24) is 9.13 Å². The van der Waals surface area contributed by atoms with Crippen molar-refractivity contribution >= 4 is 18.1 Å². The number of esters is 2. The smallest absolute Gasteiger partial charge is 0.459 e. The van der Waals surface area contributed by atoms with Crippen molar-refractivity contribution in [2.75, 3.05) is 6.61 Å². The van der Waals surface area contributed by atoms with E-state index < -0.39 is 84.8 Å². The summed E-state index contributed by atoms with van der Waals surface area (Å²) in [4.78, 5) is 60.4. The van der Waals surface area contributed by atoms with Gasteiger partial charge in [0.15, 0.2) is 25.7 Å². The van der Waals surface area contributed by atoms with E-state index in [1.807, 2.05) is 0 Å². The van der Waals surface area contributed by atoms with Gasteiger partial charge in [0.05, 0.1) is 13.2 Å². The van der Waals surface area contributed by atoms with Crippen molar-refractivity contribution in [2.24, 2.45) is 11.8 Å². The van der Waals surface area contributed by atoms with Gasteiger partial charge >= 0.3 is 23.8 Å². The van der Waals surface area contributed by atoms with Gasteiger partial charge in [-0.05, 0) is 0 Å². The molecule has 4 atom stereocenters. The van der Waals surface area contributed by atoms with Crippen LogP contribution in [0.2, 0.25) is 0 Å². The number of nitrogens with zero attached hydrogens (tertiary/aromatic N) is 2. The van der Waals surface area contributed by atoms with Crippen molar-refractivity contribution in [3.63, 3.8) is 0 Å². The summed E-state index contributed by atoms with van der Waals surface area (Å²) < 4.78 is 49.4. The Morgan fingerprint density at radius 3 is 2.41 bits per heavy atom. The zero-order chi connectivity index (χ0) is 24.7. The van der Waals surface area contributed by atoms with E-state index in [0.717, 1.165) is 6.20 Å². The second-order valence-corrected chi connectivity index (χ2v) is 7.87. The lowest BCUT2D eigenvalue weighted by Crippen LogP contribution is -2.43. The monoisotopic (exact) mass is 459 g/mol. The molecule has 32 heavy (non-hydrogen) atoms. The standard InChI is InChI=1S/C19H23FN2O10/c1-9(2)15(24)28-7-19(20)13-12(30-18(27)31-13)14(32-19)21-6-5-11(23)22(17(21)26)8-29-16(25)10(3)4/h5-6,9-10,12-14H,7-8H2,1-4H3/t12-,13+,14-,19-/m1/s1/i5D. The van der Waals surface area contributed by atoms with Gasteiger partial charge in [0.1, 0.15) is 0 Å². The first kappa shape index (κ1) is 22.0. The minimum atomic E-state index is -2.88. The Hall–Kier alpha value is -3.22. The van der Waals surface area contributed by atoms with Gasteiger partial charge in [0.2, 0.25) is 6.10 Å². The molecule has 0 saturated carbocycles. The van der Waals surface area contributed by atoms with Crippen molar-refractivity contribution in [1.29, 1.82) is 0 Å². The van der Waals surface area contributed by atoms with Gasteiger partial charge in [-0.15, -0.1) is 0 Å². The van der Waals surface area contributed by atoms with Crippen LogP contribution >= 0.6 is 0 Å². The number of carbonyl (C=O) groups excluding carboxylic acids is 3. The molecule has 0 bridgehead atoms. The lowest BCUT2D eigenvalue weighted by molar-refractivity contribution is -0.220. The van der Waals surface area contributed by atoms with E-state index in [0.29, 0.717) is 9.13 Å². The first-order chi connectivity index (χ1) is 15.4. The van der Waals surface area contributed by atoms with Crippen LogP contribution in [0.1, 0.15) is 35.3 Å². The Balaban J connectivity index is 1.95. The van der Waals surface area contributed by atoms with Crippen LogP contribution < -0.4 is 11.2 Å². The Labute approximate surface area is 182 Å². The average Bonchev–Trinajstić information content (AvgIpc) is 3.25. The molecule has 3 rings (SSSR count). The molecule has 2 aliphatic heterocycles. The summed E-state index contributed by atoms with van der Waals surface area (Å²) in [7, 11) is 0. The largest absolute Gasteiger partial charge is 0.509 e. The summed E-state index contributed by atoms with van der Waals surface area (Å²) in [5.41, 5.74) is -2.19. The molecular weight excluding hydrogens is 435 g/mol. The topological polar surface area (TPSA) is 141 Å². The second-order valence-electron chi connectivity index (χ2n) is 7.87. The number of aromatic nitrogens is 2. The van der Waals surface area contributed by atoms with Gasteiger partial charge in [-0.2, -0.15) is 0 Å². The highest BCUT2D eigenvalue weighted by Crippen LogP contribution is 2.44. The number of ether oxygens (including phenoxy) is 5. The van der Waals surface area contributed by atoms with E-state index >= 15 is 4.39 Å². The highest BCUT2D eigenvalue weighted by Gasteiger charge is 2.65. The third-order valence-electron chi connectivity index (χ3n) is 4.76. The molecular formula is C19H23FN2O10. The number of fused-ring (bicyclic) bond motifs is 1. The summed E-state index contributed by atoms with van der Waals surface area (Å²) in [5, 5.41) is 0. The quantitative estimate of drug-likeness (QED) is 0.417. The van der Waals surface area contributed by atoms with Gasteiger partial charge in [-0.3, -0.25) is 19.0 Å². The fourth-order valence-corrected chi connectivity index (χ4v) is 2.99. The van der Waals surface area contributed by atoms with Gasteiger partial charge in [0.25, 0.3) is 11.4 Å². The normalized spacial score (nSPS) is 27.0. The summed E-state index contributed by atoms with van der Waals surface area (Å²) >= 11 is 0. The van der Waals surface area contributed by atoms with Crippen LogP contribution in [0.15, 0.2) is 21.8 Å². The molecule has 0 unspecified atom stereocenters. The molecule has 13 heteroatoms. The SMILES string of the molecule is [2H]c1cn([C@@H]2O[C@](F)(COC(=O)C(C)C)[C@H]3OC(=O)O[C@@H]23)c(=O)n(COC(=O)C(C)C)c1=O. The van der Waals surface area contributed by atoms with Gasteiger partial charge in [-0.25, -0.2) is 18.5 Å². The molecule has 1 aromatic heterocycles. The zero-order valence-electron chi connectivity index (χ0n) is 18.7. The third-order valence-corrected chi connectivity index (χ3v) is 4.76. The van der Waals surface area contributed by atoms with E-state index in [9.17, 15) is 24.0 Å². The Morgan fingerprint density at radius 2 is 1.78 bits per heavy atom. The number of hydrogen-bond acceptors (Lipinski definition) is 10. The molecule has 1 aromatic rings. The zero-order valence-corrected chi connectivity index (χ0v) is 17.7. The van der Waals surface area contributed by atoms with Gasteiger partial charge in [-0.1, -0.05) is 27.7 Å². The molecule has 2 fully saturated rings. The van der Waals surface area contributed by atoms with Gasteiger partial charge in [0, 0.05) is 12.2 Å². The van der Waals surface area contributed by atoms with E-state index in [1.54, 1.807) is 0 Å². The van der Waals surface area contributed by atoms with Crippen LogP contribution in [-0.2, 0) is 40.0 Å². The van der Waals surface area contributed by atoms with Crippen LogP contribution in [0.4, 0.5) is 9.18 Å². The van der Waals surface area contributed by atoms with Crippen molar-refractivity contribution in [3.8, 4) is 0 Å². The molecule has 0 radical (unpaired) electrons. The fourth-order valence-electron chi connectivity index (χ4n) is 2.99. The summed E-state index contributed by atoms with van der Waals surface area (Å²) in [6, 6.07) is -0.705. The van der Waals surface area contributed by atoms with Crippen molar-refractivity contribution in [3.05, 3.63) is 33.1 Å². The fraction of sp³-hybridized carbons (Fsp3) is 0.632. The summed E-state index contributed by atoms with van der Waals surface area (Å²) in [5.74, 6) is -5.44. The number of hydrogen-bond donors (Lipinski definition) is 0. The maximum atomic E-state index is 15.6. The van der Waals surface area contributed by atoms with Crippen LogP contribution in [-0.4, -0.2) is 51.9 Å². The lowest BCUT2D eigenvalue weighted by Gasteiger charge is -2.24. The minimum Gasteiger partial charge on any atom is -0.459 e. The van der Waals surface area contributed by atoms with E-state index in [1.165, 1.54) is 27.7 Å². The Kier molecular flexibility index (Phi) is 6.00. The Morgan fingerprint density at radius 1 is 1.16 bits per heavy atom. The molecule has 0 aromatic carbocycles. The first-order valence-electron chi connectivity index (χ1n) is 10.3. The van der Waals surface area contributed by atoms with E-state index in [2.05, 4.69) is 0 Å². The van der Waals surface area contributed by atoms with Gasteiger partial charge < -0.3 is 23.7 Å². The molecule has 0 N–H and O–H groups in total. The van der Waals surface area contributed by atoms with E-state index in [-0.39, 0.29) is 0 Å². The minimum absolute atomic E-state index is 0.440. The number of carbonyl (C=O) groups is 3. The maximum Gasteiger partial charge on any atom is 0.509 e. The first-order valence-corrected chi connectivity index (χ1v) is 9.75. The van der Waals surface area contributed by atoms with Crippen molar-refractivity contribution < 1.29 is 43.8 Å². The number of rotatable bonds is 7. The second kappa shape index (κ2) is 8.73. The predicted octanol–water partition coefficient (Wildman–Crippen LogP) is 0.464. The third kappa shape index (κ3) is 4.38. The van der Waals surface area contributed by atoms with Crippen LogP contribution in [0.5, 0.6) is 0 Å². The highest BCUT2D eigenvalue weighted by molar-refractivity contribution is 5.71. The molecule has 3 heterocycles. The summed E-state index contributed by atoms with van der Waals surface area (Å²) in [6.07, 6.45) is -5.34. The Bertz CT molecular complexity index is 1080. The number of alkyl halides is 1. The molecule has 0 aliphatic carbocycles. The molecule has 12 nitrogen and oxygen atoms in total. The van der Waals surface area contributed by atoms with Crippen LogP contribution in [0.3, 0.4) is 0 Å². The lowest BCUT2D eigenvalue weighted by atomic mass is 10.1. The van der Waals surface area contributed by atoms with Crippen LogP contribution in [0.25, 0.3) is 0 Å². The average molecular weight is 459 g/mol. The number of halogens is 1. The molecule has 0 spiro atoms. The predicted molar refractivity (Wildman–Crippen MR) is 101 cm³/mol. The maximum absolute atomic E-state index is 15.6. The highest BCUT2D eigenvalue weighted by atomic mass is 19.2.